The van der Waals surface area contributed by atoms with Crippen LogP contribution >= 0.6 is 11.6 Å². The third-order valence-electron chi connectivity index (χ3n) is 10.3. The van der Waals surface area contributed by atoms with Crippen molar-refractivity contribution in [3.8, 4) is 5.75 Å². The molecular formula is C37H53ClN2O6SSi. The first-order chi connectivity index (χ1) is 22.8. The fourth-order valence-corrected chi connectivity index (χ4v) is 8.96. The molecule has 5 rings (SSSR count). The number of hydrogen-bond donors (Lipinski definition) is 1. The lowest BCUT2D eigenvalue weighted by Crippen LogP contribution is -2.44. The Bertz CT molecular complexity index is 1560. The van der Waals surface area contributed by atoms with Crippen molar-refractivity contribution in [3.63, 3.8) is 0 Å². The standard InChI is InChI=1S/C37H53ClN2O6SSi/c1-26-9-8-11-35(44-2)32-16-13-28(32)23-40-18-7-6-10-27-21-30(38)14-12-29(27)24-46-36-17-15-31(22-34(36)40)47(42,43)39-37(41)33(26)25-45-19-20-48(3,4)5/h8,11-12,14-15,17,21-22,26,28,32-33,35H,6-7,9-10,13,16,18-20,23-25H2,1-5H3,(H,39,41)/b11-8+/t26-,28-,32+,33+,35+/m0/s1. The van der Waals surface area contributed by atoms with Gasteiger partial charge in [0, 0.05) is 39.9 Å². The minimum atomic E-state index is -4.17. The van der Waals surface area contributed by atoms with E-state index in [0.717, 1.165) is 62.5 Å². The number of carbonyl (C=O) groups is 1. The molecule has 0 spiro atoms. The molecule has 2 heterocycles. The van der Waals surface area contributed by atoms with E-state index in [1.807, 2.05) is 25.1 Å². The quantitative estimate of drug-likeness (QED) is 0.188. The largest absolute Gasteiger partial charge is 0.487 e. The molecule has 1 N–H and O–H groups in total. The number of fused-ring (bicyclic) bond motifs is 3. The van der Waals surface area contributed by atoms with Crippen LogP contribution in [0.5, 0.6) is 5.75 Å². The first-order valence-corrected chi connectivity index (χ1v) is 23.0. The molecule has 2 bridgehead atoms. The molecule has 5 atom stereocenters. The smallest absolute Gasteiger partial charge is 0.264 e. The van der Waals surface area contributed by atoms with Crippen LogP contribution in [-0.2, 0) is 37.3 Å². The summed E-state index contributed by atoms with van der Waals surface area (Å²) in [6.45, 7) is 11.4. The van der Waals surface area contributed by atoms with Gasteiger partial charge in [-0.25, -0.2) is 13.1 Å². The molecule has 11 heteroatoms. The summed E-state index contributed by atoms with van der Waals surface area (Å²) in [7, 11) is -3.73. The van der Waals surface area contributed by atoms with Crippen molar-refractivity contribution in [2.45, 2.75) is 88.7 Å². The van der Waals surface area contributed by atoms with E-state index in [9.17, 15) is 13.2 Å². The van der Waals surface area contributed by atoms with Crippen LogP contribution in [0.4, 0.5) is 5.69 Å². The lowest BCUT2D eigenvalue weighted by molar-refractivity contribution is -0.126. The van der Waals surface area contributed by atoms with Gasteiger partial charge in [-0.3, -0.25) is 4.79 Å². The topological polar surface area (TPSA) is 94.2 Å². The number of nitrogens with one attached hydrogen (secondary N) is 1. The van der Waals surface area contributed by atoms with Crippen molar-refractivity contribution in [1.29, 1.82) is 0 Å². The summed E-state index contributed by atoms with van der Waals surface area (Å²) in [5.74, 6) is 0.0275. The summed E-state index contributed by atoms with van der Waals surface area (Å²) in [6.07, 6.45) is 9.74. The average molecular weight is 717 g/mol. The predicted molar refractivity (Wildman–Crippen MR) is 195 cm³/mol. The van der Waals surface area contributed by atoms with Gasteiger partial charge in [0.1, 0.15) is 12.4 Å². The van der Waals surface area contributed by atoms with Gasteiger partial charge in [-0.05, 0) is 104 Å². The molecule has 1 amide bonds. The second-order valence-corrected chi connectivity index (χ2v) is 22.8. The highest BCUT2D eigenvalue weighted by atomic mass is 35.5. The predicted octanol–water partition coefficient (Wildman–Crippen LogP) is 7.47. The van der Waals surface area contributed by atoms with Crippen LogP contribution in [0.1, 0.15) is 50.2 Å². The van der Waals surface area contributed by atoms with Gasteiger partial charge in [-0.2, -0.15) is 0 Å². The van der Waals surface area contributed by atoms with E-state index in [-0.39, 0.29) is 23.5 Å². The van der Waals surface area contributed by atoms with Gasteiger partial charge >= 0.3 is 0 Å². The Morgan fingerprint density at radius 1 is 1.08 bits per heavy atom. The Morgan fingerprint density at radius 2 is 1.90 bits per heavy atom. The van der Waals surface area contributed by atoms with Crippen molar-refractivity contribution in [3.05, 3.63) is 64.7 Å². The fourth-order valence-electron chi connectivity index (χ4n) is 6.96. The molecule has 2 aromatic rings. The van der Waals surface area contributed by atoms with Gasteiger partial charge in [-0.1, -0.05) is 56.4 Å². The summed E-state index contributed by atoms with van der Waals surface area (Å²) in [5, 5.41) is 0.707. The highest BCUT2D eigenvalue weighted by Crippen LogP contribution is 2.42. The highest BCUT2D eigenvalue weighted by Gasteiger charge is 2.38. The Kier molecular flexibility index (Phi) is 12.4. The van der Waals surface area contributed by atoms with Crippen LogP contribution in [0.15, 0.2) is 53.4 Å². The number of sulfonamides is 1. The van der Waals surface area contributed by atoms with Crippen LogP contribution in [0.3, 0.4) is 0 Å². The van der Waals surface area contributed by atoms with Crippen molar-refractivity contribution < 1.29 is 27.4 Å². The molecule has 0 radical (unpaired) electrons. The van der Waals surface area contributed by atoms with Crippen molar-refractivity contribution >= 4 is 41.3 Å². The lowest BCUT2D eigenvalue weighted by Gasteiger charge is -2.43. The molecular weight excluding hydrogens is 664 g/mol. The number of allylic oxidation sites excluding steroid dienone is 1. The van der Waals surface area contributed by atoms with E-state index in [2.05, 4.69) is 41.4 Å². The first-order valence-electron chi connectivity index (χ1n) is 17.5. The number of halogens is 1. The second-order valence-electron chi connectivity index (χ2n) is 15.0. The number of carbonyl (C=O) groups excluding carboxylic acids is 1. The molecule has 2 aliphatic heterocycles. The minimum Gasteiger partial charge on any atom is -0.487 e. The first kappa shape index (κ1) is 36.9. The molecule has 1 aliphatic carbocycles. The van der Waals surface area contributed by atoms with Gasteiger partial charge < -0.3 is 19.1 Å². The number of hydrogen-bond acceptors (Lipinski definition) is 7. The average Bonchev–Trinajstić information content (AvgIpc) is 3.04. The minimum absolute atomic E-state index is 0.0326. The molecule has 0 unspecified atom stereocenters. The zero-order valence-corrected chi connectivity index (χ0v) is 31.7. The maximum atomic E-state index is 13.9. The summed E-state index contributed by atoms with van der Waals surface area (Å²) < 4.78 is 48.7. The number of amides is 1. The molecule has 264 valence electrons. The number of benzene rings is 2. The van der Waals surface area contributed by atoms with E-state index in [0.29, 0.717) is 42.2 Å². The number of nitrogens with zero attached hydrogens (tertiary/aromatic N) is 1. The summed E-state index contributed by atoms with van der Waals surface area (Å²) >= 11 is 6.35. The Labute approximate surface area is 293 Å². The number of ether oxygens (including phenoxy) is 3. The van der Waals surface area contributed by atoms with Crippen molar-refractivity contribution in [2.75, 3.05) is 38.3 Å². The number of rotatable bonds is 6. The Morgan fingerprint density at radius 3 is 2.62 bits per heavy atom. The molecule has 0 saturated heterocycles. The third-order valence-corrected chi connectivity index (χ3v) is 13.6. The lowest BCUT2D eigenvalue weighted by atomic mass is 9.70. The maximum absolute atomic E-state index is 13.9. The van der Waals surface area contributed by atoms with Gasteiger partial charge in [-0.15, -0.1) is 0 Å². The summed E-state index contributed by atoms with van der Waals surface area (Å²) in [6, 6.07) is 11.8. The molecule has 3 aliphatic rings. The van der Waals surface area contributed by atoms with E-state index >= 15 is 0 Å². The summed E-state index contributed by atoms with van der Waals surface area (Å²) in [5.41, 5.74) is 2.97. The molecule has 2 aromatic carbocycles. The fraction of sp³-hybridized carbons (Fsp3) is 0.595. The van der Waals surface area contributed by atoms with E-state index in [4.69, 9.17) is 25.8 Å². The highest BCUT2D eigenvalue weighted by molar-refractivity contribution is 7.90. The molecule has 8 nitrogen and oxygen atoms in total. The van der Waals surface area contributed by atoms with Crippen molar-refractivity contribution in [2.24, 2.45) is 23.7 Å². The molecule has 1 saturated carbocycles. The second kappa shape index (κ2) is 16.1. The Balaban J connectivity index is 1.50. The van der Waals surface area contributed by atoms with E-state index in [1.54, 1.807) is 19.2 Å². The number of aryl methyl sites for hydroxylation is 1. The third kappa shape index (κ3) is 9.44. The Hall–Kier alpha value is -2.37. The molecule has 1 fully saturated rings. The summed E-state index contributed by atoms with van der Waals surface area (Å²) in [4.78, 5) is 16.1. The van der Waals surface area contributed by atoms with Gasteiger partial charge in [0.2, 0.25) is 5.91 Å². The van der Waals surface area contributed by atoms with E-state index in [1.165, 1.54) is 11.6 Å². The van der Waals surface area contributed by atoms with Crippen LogP contribution in [-0.4, -0.2) is 61.9 Å². The zero-order valence-electron chi connectivity index (χ0n) is 29.2. The van der Waals surface area contributed by atoms with Gasteiger partial charge in [0.05, 0.1) is 29.2 Å². The monoisotopic (exact) mass is 716 g/mol. The number of methoxy groups -OCH3 is 1. The van der Waals surface area contributed by atoms with E-state index < -0.39 is 29.9 Å². The van der Waals surface area contributed by atoms with Crippen LogP contribution in [0.2, 0.25) is 30.7 Å². The van der Waals surface area contributed by atoms with Crippen LogP contribution in [0.25, 0.3) is 0 Å². The molecule has 0 aromatic heterocycles. The maximum Gasteiger partial charge on any atom is 0.264 e. The van der Waals surface area contributed by atoms with Gasteiger partial charge in [0.15, 0.2) is 0 Å². The molecule has 48 heavy (non-hydrogen) atoms. The van der Waals surface area contributed by atoms with Crippen LogP contribution < -0.4 is 14.4 Å². The van der Waals surface area contributed by atoms with Crippen molar-refractivity contribution in [1.82, 2.24) is 4.72 Å². The normalized spacial score (nSPS) is 27.2. The SMILES string of the molecule is CO[C@@H]1/C=C/C[C@H](C)[C@@H](COCC[Si](C)(C)C)C(=O)NS(=O)(=O)c2ccc3c(c2)N(CCCCc2cc(Cl)ccc2CO3)C[C@@H]2CC[C@H]21. The van der Waals surface area contributed by atoms with Crippen LogP contribution in [0, 0.1) is 23.7 Å². The van der Waals surface area contributed by atoms with Gasteiger partial charge in [0.25, 0.3) is 10.0 Å². The zero-order chi connectivity index (χ0) is 34.5. The number of anilines is 1.